The number of imide groups is 1. The minimum atomic E-state index is -1.21. The highest BCUT2D eigenvalue weighted by molar-refractivity contribution is 6.11. The quantitative estimate of drug-likeness (QED) is 0.0803. The van der Waals surface area contributed by atoms with Gasteiger partial charge in [0.2, 0.25) is 5.91 Å². The lowest BCUT2D eigenvalue weighted by Gasteiger charge is -2.22. The number of nitriles is 5. The molecule has 0 radical (unpaired) electrons. The SMILES string of the molecule is CC(C)(C)OC(=O)CC#N.CC(C)c1ccccc1O.CC(C)c1ccccc1Oc1cccc(C(C#N)C(=O)OC(C)(C)C)c1C#N.CC(C)c1ccccc1Oc1cccc(F)c1C#N.CC(C)c1ccccc1Oc1cccc2c1C(=O)NC(=O)C2.N#Cc1c(F)cccc1F. The Hall–Kier alpha value is -11.7. The Kier molecular flexibility index (Phi) is 30.7. The van der Waals surface area contributed by atoms with Crippen LogP contribution >= 0.6 is 0 Å². The molecule has 9 rings (SSSR count). The molecule has 512 valence electrons. The number of phenolic OH excluding ortho intramolecular Hbond substituents is 1. The van der Waals surface area contributed by atoms with Crippen molar-refractivity contribution >= 4 is 23.8 Å². The summed E-state index contributed by atoms with van der Waals surface area (Å²) in [4.78, 5) is 46.7. The number of fused-ring (bicyclic) bond motifs is 1. The summed E-state index contributed by atoms with van der Waals surface area (Å²) in [5, 5.41) is 56.1. The van der Waals surface area contributed by atoms with E-state index in [9.17, 15) is 48.0 Å². The number of rotatable bonds is 13. The fourth-order valence-corrected chi connectivity index (χ4v) is 9.30. The van der Waals surface area contributed by atoms with Crippen LogP contribution in [0.2, 0.25) is 0 Å². The van der Waals surface area contributed by atoms with Crippen molar-refractivity contribution in [3.8, 4) is 70.6 Å². The van der Waals surface area contributed by atoms with E-state index in [-0.39, 0.29) is 53.0 Å². The summed E-state index contributed by atoms with van der Waals surface area (Å²) in [6.07, 6.45) is 0.0291. The molecule has 16 nitrogen and oxygen atoms in total. The first-order valence-electron chi connectivity index (χ1n) is 31.6. The molecule has 1 heterocycles. The number of nitrogens with zero attached hydrogens (tertiary/aromatic N) is 5. The van der Waals surface area contributed by atoms with Gasteiger partial charge in [-0.2, -0.15) is 26.3 Å². The third-order valence-electron chi connectivity index (χ3n) is 13.8. The third kappa shape index (κ3) is 24.8. The lowest BCUT2D eigenvalue weighted by molar-refractivity contribution is -0.155. The Morgan fingerprint density at radius 2 is 0.828 bits per heavy atom. The van der Waals surface area contributed by atoms with Gasteiger partial charge in [0, 0.05) is 5.56 Å². The van der Waals surface area contributed by atoms with Crippen LogP contribution in [0.5, 0.6) is 40.2 Å². The number of carbonyl (C=O) groups excluding carboxylic acids is 4. The normalized spacial score (nSPS) is 11.4. The molecule has 8 aromatic carbocycles. The van der Waals surface area contributed by atoms with Gasteiger partial charge in [-0.05, 0) is 154 Å². The fourth-order valence-electron chi connectivity index (χ4n) is 9.30. The van der Waals surface area contributed by atoms with Gasteiger partial charge in [-0.1, -0.05) is 165 Å². The number of carbonyl (C=O) groups is 4. The molecule has 1 unspecified atom stereocenters. The number of ether oxygens (including phenoxy) is 5. The predicted molar refractivity (Wildman–Crippen MR) is 370 cm³/mol. The Bertz CT molecular complexity index is 4310. The lowest BCUT2D eigenvalue weighted by atomic mass is 9.94. The Morgan fingerprint density at radius 1 is 0.465 bits per heavy atom. The second-order valence-electron chi connectivity index (χ2n) is 25.2. The van der Waals surface area contributed by atoms with E-state index in [0.717, 1.165) is 40.1 Å². The van der Waals surface area contributed by atoms with Crippen molar-refractivity contribution in [1.29, 1.82) is 26.3 Å². The largest absolute Gasteiger partial charge is 0.508 e. The number of phenols is 1. The van der Waals surface area contributed by atoms with Gasteiger partial charge < -0.3 is 28.8 Å². The Labute approximate surface area is 578 Å². The third-order valence-corrected chi connectivity index (χ3v) is 13.8. The number of hydrogen-bond donors (Lipinski definition) is 2. The van der Waals surface area contributed by atoms with E-state index in [2.05, 4.69) is 66.8 Å². The van der Waals surface area contributed by atoms with Crippen LogP contribution in [0.1, 0.15) is 193 Å². The summed E-state index contributed by atoms with van der Waals surface area (Å²) in [5.41, 5.74) is 3.89. The summed E-state index contributed by atoms with van der Waals surface area (Å²) in [6.45, 7) is 27.0. The molecule has 99 heavy (non-hydrogen) atoms. The van der Waals surface area contributed by atoms with Crippen molar-refractivity contribution in [2.75, 3.05) is 0 Å². The number of para-hydroxylation sites is 4. The van der Waals surface area contributed by atoms with Crippen LogP contribution in [-0.2, 0) is 30.3 Å². The van der Waals surface area contributed by atoms with Gasteiger partial charge in [0.15, 0.2) is 5.92 Å². The summed E-state index contributed by atoms with van der Waals surface area (Å²) in [6, 6.07) is 57.3. The van der Waals surface area contributed by atoms with E-state index in [1.807, 2.05) is 103 Å². The monoisotopic (exact) mass is 1340 g/mol. The van der Waals surface area contributed by atoms with Gasteiger partial charge in [0.05, 0.1) is 29.7 Å². The molecule has 19 heteroatoms. The van der Waals surface area contributed by atoms with E-state index in [0.29, 0.717) is 51.7 Å². The molecule has 1 atom stereocenters. The topological polar surface area (TPSA) is 266 Å². The molecular weight excluding hydrogens is 1260 g/mol. The zero-order valence-electron chi connectivity index (χ0n) is 58.0. The molecule has 1 aliphatic heterocycles. The molecule has 8 aromatic rings. The highest BCUT2D eigenvalue weighted by Gasteiger charge is 2.31. The standard InChI is InChI=1S/C23H24N2O3.C18H17NO3.C16H14FNO.C9H12O.C7H3F2N.C7H11NO2/c1-15(2)16-9-6-7-11-20(16)27-21-12-8-10-17(18(21)13-24)19(14-25)22(26)28-23(3,4)5;1-11(2)13-7-3-4-8-14(13)22-15-9-5-6-12-10-16(20)19-18(21)17(12)15;1-11(2)12-6-3-4-8-15(12)19-16-9-5-7-14(17)13(16)10-18;1-7(2)8-5-3-4-6-9(8)10;8-6-2-1-3-7(9)5(6)4-10;1-7(2,3)10-6(9)4-5-8/h6-12,15,19H,1-5H3;3-9,11H,10H2,1-2H3,(H,19,20,21);3-9,11H,1-2H3;3-7,10H,1-2H3;1-3H;4H2,1-3H3. The molecule has 0 bridgehead atoms. The van der Waals surface area contributed by atoms with Crippen LogP contribution in [0.15, 0.2) is 170 Å². The number of halogens is 3. The average Bonchev–Trinajstić information content (AvgIpc) is 0.800. The van der Waals surface area contributed by atoms with Crippen LogP contribution in [0.4, 0.5) is 13.2 Å². The van der Waals surface area contributed by atoms with Crippen LogP contribution in [0.25, 0.3) is 0 Å². The van der Waals surface area contributed by atoms with Crippen molar-refractivity contribution < 1.29 is 61.1 Å². The summed E-state index contributed by atoms with van der Waals surface area (Å²) >= 11 is 0. The van der Waals surface area contributed by atoms with Gasteiger partial charge in [-0.3, -0.25) is 24.5 Å². The van der Waals surface area contributed by atoms with Crippen molar-refractivity contribution in [3.05, 3.63) is 243 Å². The zero-order chi connectivity index (χ0) is 73.7. The number of benzene rings is 8. The van der Waals surface area contributed by atoms with Gasteiger partial charge in [-0.25, -0.2) is 13.2 Å². The molecule has 0 saturated carbocycles. The van der Waals surface area contributed by atoms with Crippen molar-refractivity contribution in [1.82, 2.24) is 5.32 Å². The molecule has 0 saturated heterocycles. The van der Waals surface area contributed by atoms with Crippen molar-refractivity contribution in [2.24, 2.45) is 0 Å². The number of esters is 2. The van der Waals surface area contributed by atoms with Crippen LogP contribution in [0.3, 0.4) is 0 Å². The van der Waals surface area contributed by atoms with Crippen LogP contribution < -0.4 is 19.5 Å². The Balaban J connectivity index is 0.000000264. The number of aromatic hydroxyl groups is 1. The second-order valence-corrected chi connectivity index (χ2v) is 25.2. The van der Waals surface area contributed by atoms with E-state index >= 15 is 0 Å². The first-order chi connectivity index (χ1) is 46.8. The van der Waals surface area contributed by atoms with Gasteiger partial charge in [0.25, 0.3) is 5.91 Å². The maximum Gasteiger partial charge on any atom is 0.328 e. The van der Waals surface area contributed by atoms with Crippen molar-refractivity contribution in [3.63, 3.8) is 0 Å². The number of nitrogens with one attached hydrogen (secondary N) is 1. The van der Waals surface area contributed by atoms with Crippen molar-refractivity contribution in [2.45, 2.75) is 151 Å². The average molecular weight is 1340 g/mol. The van der Waals surface area contributed by atoms with E-state index < -0.39 is 58.0 Å². The molecule has 0 fully saturated rings. The molecule has 1 aliphatic rings. The summed E-state index contributed by atoms with van der Waals surface area (Å²) < 4.78 is 66.2. The Morgan fingerprint density at radius 3 is 1.23 bits per heavy atom. The molecule has 2 amide bonds. The maximum absolute atomic E-state index is 13.5. The summed E-state index contributed by atoms with van der Waals surface area (Å²) in [5.74, 6) is -0.555. The van der Waals surface area contributed by atoms with Gasteiger partial charge >= 0.3 is 11.9 Å². The van der Waals surface area contributed by atoms with Crippen LogP contribution in [0, 0.1) is 74.1 Å². The zero-order valence-corrected chi connectivity index (χ0v) is 58.0. The smallest absolute Gasteiger partial charge is 0.328 e. The van der Waals surface area contributed by atoms with E-state index in [1.165, 1.54) is 24.3 Å². The van der Waals surface area contributed by atoms with Gasteiger partial charge in [0.1, 0.15) is 105 Å². The highest BCUT2D eigenvalue weighted by Crippen LogP contribution is 2.38. The van der Waals surface area contributed by atoms with Gasteiger partial charge in [-0.15, -0.1) is 0 Å². The lowest BCUT2D eigenvalue weighted by Crippen LogP contribution is -2.37. The number of hydrogen-bond acceptors (Lipinski definition) is 15. The second kappa shape index (κ2) is 38.1. The highest BCUT2D eigenvalue weighted by atomic mass is 19.1. The molecule has 2 N–H and O–H groups in total. The first-order valence-corrected chi connectivity index (χ1v) is 31.6. The molecule has 0 aromatic heterocycles. The molecule has 0 spiro atoms. The molecule has 0 aliphatic carbocycles. The minimum Gasteiger partial charge on any atom is -0.508 e. The van der Waals surface area contributed by atoms with Crippen LogP contribution in [-0.4, -0.2) is 40.1 Å². The predicted octanol–water partition coefficient (Wildman–Crippen LogP) is 19.0. The number of amides is 2. The first kappa shape index (κ1) is 79.7. The minimum absolute atomic E-state index is 0.0685. The molecular formula is C80H81F3N6O10. The fraction of sp³-hybridized carbons (Fsp3) is 0.287. The maximum atomic E-state index is 13.5. The summed E-state index contributed by atoms with van der Waals surface area (Å²) in [7, 11) is 0. The van der Waals surface area contributed by atoms with E-state index in [1.54, 1.807) is 96.1 Å². The van der Waals surface area contributed by atoms with E-state index in [4.69, 9.17) is 39.5 Å².